The molecule has 0 unspecified atom stereocenters. The molecule has 0 spiro atoms. The summed E-state index contributed by atoms with van der Waals surface area (Å²) in [5.41, 5.74) is 0.244. The first-order chi connectivity index (χ1) is 5.50. The third kappa shape index (κ3) is 3.65. The third-order valence-electron chi connectivity index (χ3n) is 1.13. The molecule has 0 saturated carbocycles. The van der Waals surface area contributed by atoms with Crippen molar-refractivity contribution in [1.29, 1.82) is 0 Å². The van der Waals surface area contributed by atoms with Crippen LogP contribution >= 0.6 is 34.8 Å². The number of carbonyl (C=O) groups excluding carboxylic acids is 1. The van der Waals surface area contributed by atoms with Gasteiger partial charge >= 0.3 is 0 Å². The Morgan fingerprint density at radius 2 is 2.00 bits per heavy atom. The number of alkyl halides is 2. The van der Waals surface area contributed by atoms with Crippen LogP contribution in [0, 0.1) is 0 Å². The van der Waals surface area contributed by atoms with Crippen molar-refractivity contribution in [3.05, 3.63) is 10.8 Å². The van der Waals surface area contributed by atoms with Crippen molar-refractivity contribution in [3.63, 3.8) is 0 Å². The monoisotopic (exact) mass is 230 g/mol. The van der Waals surface area contributed by atoms with Crippen molar-refractivity contribution >= 4 is 40.6 Å². The molecule has 0 saturated heterocycles. The van der Waals surface area contributed by atoms with E-state index < -0.39 is 10.6 Å². The van der Waals surface area contributed by atoms with Gasteiger partial charge in [-0.15, -0.1) is 0 Å². The zero-order chi connectivity index (χ0) is 9.72. The van der Waals surface area contributed by atoms with E-state index in [1.165, 1.54) is 6.92 Å². The average molecular weight is 232 g/mol. The van der Waals surface area contributed by atoms with E-state index in [2.05, 4.69) is 0 Å². The molecule has 0 aromatic carbocycles. The molecule has 70 valence electrons. The van der Waals surface area contributed by atoms with E-state index in [-0.39, 0.29) is 10.8 Å². The predicted molar refractivity (Wildman–Crippen MR) is 50.7 cm³/mol. The lowest BCUT2D eigenvalue weighted by molar-refractivity contribution is -0.114. The van der Waals surface area contributed by atoms with Crippen molar-refractivity contribution < 1.29 is 9.53 Å². The zero-order valence-corrected chi connectivity index (χ0v) is 9.00. The number of allylic oxidation sites excluding steroid dienone is 1. The zero-order valence-electron chi connectivity index (χ0n) is 6.73. The fraction of sp³-hybridized carbons (Fsp3) is 0.571. The van der Waals surface area contributed by atoms with Gasteiger partial charge in [0.05, 0.1) is 6.61 Å². The van der Waals surface area contributed by atoms with Crippen molar-refractivity contribution in [2.24, 2.45) is 0 Å². The predicted octanol–water partition coefficient (Wildman–Crippen LogP) is 2.87. The van der Waals surface area contributed by atoms with Crippen LogP contribution in [-0.2, 0) is 9.53 Å². The van der Waals surface area contributed by atoms with Crippen LogP contribution in [0.2, 0.25) is 0 Å². The lowest BCUT2D eigenvalue weighted by Crippen LogP contribution is -2.10. The van der Waals surface area contributed by atoms with E-state index in [9.17, 15) is 4.79 Å². The van der Waals surface area contributed by atoms with Crippen molar-refractivity contribution in [1.82, 2.24) is 0 Å². The van der Waals surface area contributed by atoms with E-state index in [0.717, 1.165) is 0 Å². The largest absolute Gasteiger partial charge is 0.483 e. The fourth-order valence-electron chi connectivity index (χ4n) is 0.496. The molecule has 5 heteroatoms. The number of rotatable bonds is 4. The number of hydrogen-bond acceptors (Lipinski definition) is 2. The SMILES string of the molecule is CCOC(Cl)=C(C)C(=O)C(Cl)Cl. The summed E-state index contributed by atoms with van der Waals surface area (Å²) in [4.78, 5) is 9.99. The normalized spacial score (nSPS) is 12.8. The smallest absolute Gasteiger partial charge is 0.196 e. The second-order valence-electron chi connectivity index (χ2n) is 2.00. The van der Waals surface area contributed by atoms with Crippen LogP contribution in [0.5, 0.6) is 0 Å². The molecule has 0 aliphatic heterocycles. The number of ether oxygens (including phenoxy) is 1. The second-order valence-corrected chi connectivity index (χ2v) is 3.44. The van der Waals surface area contributed by atoms with Gasteiger partial charge in [-0.05, 0) is 25.4 Å². The van der Waals surface area contributed by atoms with E-state index in [0.29, 0.717) is 6.61 Å². The minimum atomic E-state index is -1.08. The molecule has 0 aromatic heterocycles. The van der Waals surface area contributed by atoms with Crippen LogP contribution in [0.15, 0.2) is 10.8 Å². The van der Waals surface area contributed by atoms with E-state index in [4.69, 9.17) is 39.5 Å². The molecular weight excluding hydrogens is 222 g/mol. The first-order valence-corrected chi connectivity index (χ1v) is 4.57. The topological polar surface area (TPSA) is 26.3 Å². The summed E-state index contributed by atoms with van der Waals surface area (Å²) in [5.74, 6) is -0.434. The quantitative estimate of drug-likeness (QED) is 0.422. The molecule has 0 aliphatic rings. The van der Waals surface area contributed by atoms with Crippen molar-refractivity contribution in [2.45, 2.75) is 18.7 Å². The highest BCUT2D eigenvalue weighted by molar-refractivity contribution is 6.55. The van der Waals surface area contributed by atoms with Gasteiger partial charge < -0.3 is 4.74 Å². The summed E-state index contributed by atoms with van der Waals surface area (Å²) in [5, 5.41) is 0.0498. The van der Waals surface area contributed by atoms with Crippen LogP contribution in [0.1, 0.15) is 13.8 Å². The molecular formula is C7H9Cl3O2. The minimum Gasteiger partial charge on any atom is -0.483 e. The fourth-order valence-corrected chi connectivity index (χ4v) is 1.03. The van der Waals surface area contributed by atoms with E-state index in [1.54, 1.807) is 6.92 Å². The highest BCUT2D eigenvalue weighted by Crippen LogP contribution is 2.16. The van der Waals surface area contributed by atoms with Crippen LogP contribution in [-0.4, -0.2) is 17.2 Å². The molecule has 0 heterocycles. The maximum atomic E-state index is 11.1. The molecule has 0 aromatic rings. The number of halogens is 3. The minimum absolute atomic E-state index is 0.0498. The second kappa shape index (κ2) is 5.68. The maximum Gasteiger partial charge on any atom is 0.196 e. The molecule has 0 aliphatic carbocycles. The Kier molecular flexibility index (Phi) is 5.72. The number of ketones is 1. The molecule has 2 nitrogen and oxygen atoms in total. The molecule has 12 heavy (non-hydrogen) atoms. The van der Waals surface area contributed by atoms with Gasteiger partial charge in [-0.3, -0.25) is 4.79 Å². The van der Waals surface area contributed by atoms with Crippen molar-refractivity contribution in [2.75, 3.05) is 6.61 Å². The van der Waals surface area contributed by atoms with Crippen LogP contribution < -0.4 is 0 Å². The lowest BCUT2D eigenvalue weighted by atomic mass is 10.2. The average Bonchev–Trinajstić information content (AvgIpc) is 2.02. The Bertz CT molecular complexity index is 199. The summed E-state index contributed by atoms with van der Waals surface area (Å²) in [6.07, 6.45) is 0. The lowest BCUT2D eigenvalue weighted by Gasteiger charge is -2.05. The van der Waals surface area contributed by atoms with Gasteiger partial charge in [0, 0.05) is 5.57 Å². The summed E-state index contributed by atoms with van der Waals surface area (Å²) in [7, 11) is 0. The first-order valence-electron chi connectivity index (χ1n) is 3.32. The molecule has 0 bridgehead atoms. The third-order valence-corrected chi connectivity index (χ3v) is 1.92. The van der Waals surface area contributed by atoms with Crippen molar-refractivity contribution in [3.8, 4) is 0 Å². The van der Waals surface area contributed by atoms with Gasteiger partial charge in [0.2, 0.25) is 0 Å². The van der Waals surface area contributed by atoms with Crippen LogP contribution in [0.4, 0.5) is 0 Å². The van der Waals surface area contributed by atoms with Gasteiger partial charge in [0.1, 0.15) is 0 Å². The summed E-state index contributed by atoms with van der Waals surface area (Å²) in [6, 6.07) is 0. The van der Waals surface area contributed by atoms with Crippen LogP contribution in [0.3, 0.4) is 0 Å². The maximum absolute atomic E-state index is 11.1. The Hall–Kier alpha value is 0.0800. The molecule has 0 atom stereocenters. The standard InChI is InChI=1S/C7H9Cl3O2/c1-3-12-7(10)4(2)5(11)6(8)9/h6H,3H2,1-2H3. The first kappa shape index (κ1) is 12.1. The van der Waals surface area contributed by atoms with E-state index in [1.807, 2.05) is 0 Å². The Labute approximate surface area is 86.4 Å². The highest BCUT2D eigenvalue weighted by Gasteiger charge is 2.17. The van der Waals surface area contributed by atoms with Crippen LogP contribution in [0.25, 0.3) is 0 Å². The molecule has 0 N–H and O–H groups in total. The highest BCUT2D eigenvalue weighted by atomic mass is 35.5. The van der Waals surface area contributed by atoms with E-state index >= 15 is 0 Å². The number of carbonyl (C=O) groups is 1. The summed E-state index contributed by atoms with van der Waals surface area (Å²) >= 11 is 16.3. The Morgan fingerprint density at radius 1 is 1.50 bits per heavy atom. The van der Waals surface area contributed by atoms with Gasteiger partial charge in [-0.2, -0.15) is 0 Å². The van der Waals surface area contributed by atoms with Gasteiger partial charge in [0.25, 0.3) is 0 Å². The molecule has 0 amide bonds. The Balaban J connectivity index is 4.43. The van der Waals surface area contributed by atoms with Gasteiger partial charge in [0.15, 0.2) is 15.8 Å². The number of hydrogen-bond donors (Lipinski definition) is 0. The number of Topliss-reactive ketones (excluding diaryl/α,β-unsaturated/α-hetero) is 1. The Morgan fingerprint density at radius 3 is 2.33 bits per heavy atom. The summed E-state index contributed by atoms with van der Waals surface area (Å²) < 4.78 is 4.88. The molecule has 0 radical (unpaired) electrons. The van der Waals surface area contributed by atoms with Gasteiger partial charge in [-0.25, -0.2) is 0 Å². The molecule has 0 fully saturated rings. The van der Waals surface area contributed by atoms with Gasteiger partial charge in [-0.1, -0.05) is 23.2 Å². The summed E-state index contributed by atoms with van der Waals surface area (Å²) in [6.45, 7) is 3.68. The molecule has 0 rings (SSSR count).